The Morgan fingerprint density at radius 3 is 2.86 bits per heavy atom. The lowest BCUT2D eigenvalue weighted by Gasteiger charge is -2.11. The second kappa shape index (κ2) is 4.69. The van der Waals surface area contributed by atoms with Gasteiger partial charge in [0, 0.05) is 18.2 Å². The first-order valence-electron chi connectivity index (χ1n) is 4.54. The van der Waals surface area contributed by atoms with E-state index in [1.807, 2.05) is 13.8 Å². The van der Waals surface area contributed by atoms with Crippen molar-refractivity contribution in [2.75, 3.05) is 0 Å². The van der Waals surface area contributed by atoms with Gasteiger partial charge in [-0.05, 0) is 20.8 Å². The standard InChI is InChI=1S/C10H14N2O2/c1-7(2)14-10-9(4-8(3)13)5-11-6-12-10/h5-7H,4H2,1-3H3. The molecule has 0 saturated heterocycles. The zero-order valence-electron chi connectivity index (χ0n) is 8.65. The maximum absolute atomic E-state index is 10.9. The van der Waals surface area contributed by atoms with Crippen LogP contribution in [-0.4, -0.2) is 21.9 Å². The van der Waals surface area contributed by atoms with Crippen molar-refractivity contribution in [3.63, 3.8) is 0 Å². The van der Waals surface area contributed by atoms with Crippen LogP contribution in [0.1, 0.15) is 26.3 Å². The third-order valence-electron chi connectivity index (χ3n) is 1.53. The first kappa shape index (κ1) is 10.6. The molecule has 1 aromatic rings. The van der Waals surface area contributed by atoms with Crippen molar-refractivity contribution in [1.29, 1.82) is 0 Å². The monoisotopic (exact) mass is 194 g/mol. The molecule has 0 aliphatic rings. The fraction of sp³-hybridized carbons (Fsp3) is 0.500. The summed E-state index contributed by atoms with van der Waals surface area (Å²) in [6.07, 6.45) is 3.41. The predicted molar refractivity (Wildman–Crippen MR) is 52.2 cm³/mol. The maximum Gasteiger partial charge on any atom is 0.220 e. The number of carbonyl (C=O) groups excluding carboxylic acids is 1. The SMILES string of the molecule is CC(=O)Cc1cncnc1OC(C)C. The molecule has 4 heteroatoms. The van der Waals surface area contributed by atoms with Crippen LogP contribution in [-0.2, 0) is 11.2 Å². The molecule has 0 N–H and O–H groups in total. The Labute approximate surface area is 83.3 Å². The number of ether oxygens (including phenoxy) is 1. The van der Waals surface area contributed by atoms with Crippen molar-refractivity contribution < 1.29 is 9.53 Å². The van der Waals surface area contributed by atoms with Gasteiger partial charge in [-0.25, -0.2) is 9.97 Å². The van der Waals surface area contributed by atoms with Crippen molar-refractivity contribution in [3.8, 4) is 5.88 Å². The van der Waals surface area contributed by atoms with E-state index >= 15 is 0 Å². The van der Waals surface area contributed by atoms with Crippen LogP contribution in [0.5, 0.6) is 5.88 Å². The number of hydrogen-bond acceptors (Lipinski definition) is 4. The molecule has 0 aliphatic heterocycles. The minimum atomic E-state index is 0.0515. The Kier molecular flexibility index (Phi) is 3.56. The lowest BCUT2D eigenvalue weighted by atomic mass is 10.2. The van der Waals surface area contributed by atoms with Crippen LogP contribution in [0.25, 0.3) is 0 Å². The zero-order chi connectivity index (χ0) is 10.6. The van der Waals surface area contributed by atoms with Gasteiger partial charge in [0.2, 0.25) is 5.88 Å². The van der Waals surface area contributed by atoms with E-state index in [9.17, 15) is 4.79 Å². The Balaban J connectivity index is 2.85. The van der Waals surface area contributed by atoms with Crippen molar-refractivity contribution in [2.24, 2.45) is 0 Å². The van der Waals surface area contributed by atoms with Gasteiger partial charge in [-0.1, -0.05) is 0 Å². The number of ketones is 1. The van der Waals surface area contributed by atoms with Gasteiger partial charge in [0.1, 0.15) is 12.1 Å². The molecule has 0 saturated carbocycles. The van der Waals surface area contributed by atoms with Crippen LogP contribution in [0.15, 0.2) is 12.5 Å². The van der Waals surface area contributed by atoms with Crippen LogP contribution in [0, 0.1) is 0 Å². The normalized spacial score (nSPS) is 10.3. The van der Waals surface area contributed by atoms with Crippen molar-refractivity contribution in [3.05, 3.63) is 18.1 Å². The van der Waals surface area contributed by atoms with Crippen molar-refractivity contribution >= 4 is 5.78 Å². The van der Waals surface area contributed by atoms with E-state index in [0.717, 1.165) is 5.56 Å². The van der Waals surface area contributed by atoms with Gasteiger partial charge in [0.05, 0.1) is 6.10 Å². The summed E-state index contributed by atoms with van der Waals surface area (Å²) < 4.78 is 5.44. The molecule has 1 heterocycles. The first-order valence-corrected chi connectivity index (χ1v) is 4.54. The number of rotatable bonds is 4. The molecule has 1 aromatic heterocycles. The number of nitrogens with zero attached hydrogens (tertiary/aromatic N) is 2. The van der Waals surface area contributed by atoms with E-state index in [1.54, 1.807) is 6.20 Å². The van der Waals surface area contributed by atoms with Gasteiger partial charge < -0.3 is 4.74 Å². The first-order chi connectivity index (χ1) is 6.59. The molecular weight excluding hydrogens is 180 g/mol. The number of hydrogen-bond donors (Lipinski definition) is 0. The molecule has 0 aliphatic carbocycles. The van der Waals surface area contributed by atoms with Crippen molar-refractivity contribution in [2.45, 2.75) is 33.3 Å². The number of Topliss-reactive ketones (excluding diaryl/α,β-unsaturated/α-hetero) is 1. The summed E-state index contributed by atoms with van der Waals surface area (Å²) in [4.78, 5) is 18.8. The molecular formula is C10H14N2O2. The number of aromatic nitrogens is 2. The summed E-state index contributed by atoms with van der Waals surface area (Å²) in [5, 5.41) is 0. The van der Waals surface area contributed by atoms with Gasteiger partial charge in [-0.3, -0.25) is 4.79 Å². The van der Waals surface area contributed by atoms with Gasteiger partial charge in [-0.2, -0.15) is 0 Å². The molecule has 0 amide bonds. The lowest BCUT2D eigenvalue weighted by molar-refractivity contribution is -0.116. The summed E-state index contributed by atoms with van der Waals surface area (Å²) in [5.74, 6) is 0.582. The summed E-state index contributed by atoms with van der Waals surface area (Å²) in [7, 11) is 0. The highest BCUT2D eigenvalue weighted by Crippen LogP contribution is 2.15. The average molecular weight is 194 g/mol. The van der Waals surface area contributed by atoms with E-state index in [2.05, 4.69) is 9.97 Å². The molecule has 0 spiro atoms. The van der Waals surface area contributed by atoms with Crippen molar-refractivity contribution in [1.82, 2.24) is 9.97 Å². The van der Waals surface area contributed by atoms with Crippen LogP contribution < -0.4 is 4.74 Å². The molecule has 0 atom stereocenters. The molecule has 0 unspecified atom stereocenters. The quantitative estimate of drug-likeness (QED) is 0.726. The zero-order valence-corrected chi connectivity index (χ0v) is 8.65. The van der Waals surface area contributed by atoms with Crippen LogP contribution in [0.4, 0.5) is 0 Å². The van der Waals surface area contributed by atoms with Crippen LogP contribution >= 0.6 is 0 Å². The summed E-state index contributed by atoms with van der Waals surface area (Å²) in [6.45, 7) is 5.37. The molecule has 0 fully saturated rings. The third-order valence-corrected chi connectivity index (χ3v) is 1.53. The van der Waals surface area contributed by atoms with E-state index in [4.69, 9.17) is 4.74 Å². The van der Waals surface area contributed by atoms with E-state index in [1.165, 1.54) is 13.3 Å². The second-order valence-corrected chi connectivity index (χ2v) is 3.40. The summed E-state index contributed by atoms with van der Waals surface area (Å²) >= 11 is 0. The minimum Gasteiger partial charge on any atom is -0.475 e. The molecule has 0 bridgehead atoms. The summed E-state index contributed by atoms with van der Waals surface area (Å²) in [6, 6.07) is 0. The minimum absolute atomic E-state index is 0.0515. The van der Waals surface area contributed by atoms with Gasteiger partial charge in [-0.15, -0.1) is 0 Å². The van der Waals surface area contributed by atoms with E-state index in [-0.39, 0.29) is 11.9 Å². The Morgan fingerprint density at radius 2 is 2.29 bits per heavy atom. The largest absolute Gasteiger partial charge is 0.475 e. The highest BCUT2D eigenvalue weighted by Gasteiger charge is 2.08. The molecule has 1 rings (SSSR count). The smallest absolute Gasteiger partial charge is 0.220 e. The maximum atomic E-state index is 10.9. The topological polar surface area (TPSA) is 52.1 Å². The van der Waals surface area contributed by atoms with E-state index in [0.29, 0.717) is 12.3 Å². The molecule has 4 nitrogen and oxygen atoms in total. The predicted octanol–water partition coefficient (Wildman–Crippen LogP) is 1.40. The van der Waals surface area contributed by atoms with Crippen LogP contribution in [0.2, 0.25) is 0 Å². The fourth-order valence-corrected chi connectivity index (χ4v) is 1.07. The molecule has 0 aromatic carbocycles. The number of carbonyl (C=O) groups is 1. The van der Waals surface area contributed by atoms with Gasteiger partial charge in [0.25, 0.3) is 0 Å². The summed E-state index contributed by atoms with van der Waals surface area (Å²) in [5.41, 5.74) is 0.744. The lowest BCUT2D eigenvalue weighted by Crippen LogP contribution is -2.10. The Morgan fingerprint density at radius 1 is 1.57 bits per heavy atom. The van der Waals surface area contributed by atoms with Gasteiger partial charge >= 0.3 is 0 Å². The Bertz CT molecular complexity index is 324. The molecule has 76 valence electrons. The van der Waals surface area contributed by atoms with Gasteiger partial charge in [0.15, 0.2) is 0 Å². The average Bonchev–Trinajstić information content (AvgIpc) is 2.06. The fourth-order valence-electron chi connectivity index (χ4n) is 1.07. The third kappa shape index (κ3) is 3.12. The molecule has 14 heavy (non-hydrogen) atoms. The highest BCUT2D eigenvalue weighted by atomic mass is 16.5. The second-order valence-electron chi connectivity index (χ2n) is 3.40. The Hall–Kier alpha value is -1.45. The van der Waals surface area contributed by atoms with Crippen LogP contribution in [0.3, 0.4) is 0 Å². The molecule has 0 radical (unpaired) electrons. The highest BCUT2D eigenvalue weighted by molar-refractivity contribution is 5.78. The van der Waals surface area contributed by atoms with E-state index < -0.39 is 0 Å².